The molecule has 5 heteroatoms. The molecule has 24 heavy (non-hydrogen) atoms. The lowest BCUT2D eigenvalue weighted by molar-refractivity contribution is 0.0697. The third-order valence-corrected chi connectivity index (χ3v) is 5.40. The standard InChI is InChI=1S/C19H22BrN3O/c1-13-6-9-23(10-7-13)19(24)15-5-8-21-18(12-15)22-16-3-4-17(20)14(2)11-16/h3-5,8,11-13H,6-7,9-10H2,1-2H3,(H,21,22). The molecule has 1 aliphatic heterocycles. The zero-order valence-corrected chi connectivity index (χ0v) is 15.6. The van der Waals surface area contributed by atoms with E-state index in [1.165, 1.54) is 0 Å². The Morgan fingerprint density at radius 3 is 2.71 bits per heavy atom. The van der Waals surface area contributed by atoms with Crippen LogP contribution in [-0.2, 0) is 0 Å². The van der Waals surface area contributed by atoms with E-state index in [-0.39, 0.29) is 5.91 Å². The molecule has 1 N–H and O–H groups in total. The molecule has 0 spiro atoms. The van der Waals surface area contributed by atoms with Crippen molar-refractivity contribution >= 4 is 33.3 Å². The number of nitrogens with zero attached hydrogens (tertiary/aromatic N) is 2. The Morgan fingerprint density at radius 1 is 1.25 bits per heavy atom. The summed E-state index contributed by atoms with van der Waals surface area (Å²) in [5.74, 6) is 1.50. The van der Waals surface area contributed by atoms with Gasteiger partial charge in [-0.1, -0.05) is 22.9 Å². The van der Waals surface area contributed by atoms with Gasteiger partial charge in [0.1, 0.15) is 5.82 Å². The maximum Gasteiger partial charge on any atom is 0.254 e. The van der Waals surface area contributed by atoms with Gasteiger partial charge in [-0.15, -0.1) is 0 Å². The summed E-state index contributed by atoms with van der Waals surface area (Å²) in [4.78, 5) is 19.0. The molecular weight excluding hydrogens is 366 g/mol. The minimum Gasteiger partial charge on any atom is -0.340 e. The van der Waals surface area contributed by atoms with Gasteiger partial charge in [-0.25, -0.2) is 4.98 Å². The van der Waals surface area contributed by atoms with E-state index in [0.717, 1.165) is 41.7 Å². The van der Waals surface area contributed by atoms with E-state index in [1.54, 1.807) is 12.3 Å². The maximum absolute atomic E-state index is 12.7. The number of aromatic nitrogens is 1. The molecule has 0 radical (unpaired) electrons. The molecule has 2 heterocycles. The number of carbonyl (C=O) groups is 1. The first-order valence-electron chi connectivity index (χ1n) is 8.31. The molecule has 3 rings (SSSR count). The molecule has 1 aliphatic rings. The van der Waals surface area contributed by atoms with Crippen molar-refractivity contribution in [2.75, 3.05) is 18.4 Å². The maximum atomic E-state index is 12.7. The highest BCUT2D eigenvalue weighted by molar-refractivity contribution is 9.10. The van der Waals surface area contributed by atoms with Gasteiger partial charge in [0, 0.05) is 35.0 Å². The topological polar surface area (TPSA) is 45.2 Å². The van der Waals surface area contributed by atoms with Crippen molar-refractivity contribution < 1.29 is 4.79 Å². The number of carbonyl (C=O) groups excluding carboxylic acids is 1. The van der Waals surface area contributed by atoms with Crippen LogP contribution < -0.4 is 5.32 Å². The van der Waals surface area contributed by atoms with Gasteiger partial charge in [-0.3, -0.25) is 4.79 Å². The summed E-state index contributed by atoms with van der Waals surface area (Å²) >= 11 is 3.50. The van der Waals surface area contributed by atoms with Gasteiger partial charge in [0.25, 0.3) is 5.91 Å². The summed E-state index contributed by atoms with van der Waals surface area (Å²) in [7, 11) is 0. The Morgan fingerprint density at radius 2 is 2.00 bits per heavy atom. The Kier molecular flexibility index (Phi) is 5.19. The van der Waals surface area contributed by atoms with E-state index in [4.69, 9.17) is 0 Å². The van der Waals surface area contributed by atoms with Crippen LogP contribution >= 0.6 is 15.9 Å². The number of halogens is 1. The molecule has 4 nitrogen and oxygen atoms in total. The summed E-state index contributed by atoms with van der Waals surface area (Å²) in [5, 5.41) is 3.27. The highest BCUT2D eigenvalue weighted by Gasteiger charge is 2.21. The third-order valence-electron chi connectivity index (χ3n) is 4.51. The summed E-state index contributed by atoms with van der Waals surface area (Å²) in [6.45, 7) is 5.98. The van der Waals surface area contributed by atoms with Gasteiger partial charge in [-0.2, -0.15) is 0 Å². The number of rotatable bonds is 3. The molecule has 2 aromatic rings. The molecular formula is C19H22BrN3O. The van der Waals surface area contributed by atoms with Crippen LogP contribution in [0.1, 0.15) is 35.7 Å². The zero-order valence-electron chi connectivity index (χ0n) is 14.1. The number of hydrogen-bond acceptors (Lipinski definition) is 3. The van der Waals surface area contributed by atoms with Crippen LogP contribution in [0.2, 0.25) is 0 Å². The van der Waals surface area contributed by atoms with Crippen LogP contribution in [0.15, 0.2) is 41.0 Å². The molecule has 0 aliphatic carbocycles. The van der Waals surface area contributed by atoms with Crippen LogP contribution in [0.5, 0.6) is 0 Å². The van der Waals surface area contributed by atoms with Crippen molar-refractivity contribution in [3.8, 4) is 0 Å². The first-order valence-corrected chi connectivity index (χ1v) is 9.11. The highest BCUT2D eigenvalue weighted by Crippen LogP contribution is 2.23. The first kappa shape index (κ1) is 17.0. The minimum atomic E-state index is 0.0966. The van der Waals surface area contributed by atoms with E-state index in [0.29, 0.717) is 17.3 Å². The smallest absolute Gasteiger partial charge is 0.254 e. The number of hydrogen-bond donors (Lipinski definition) is 1. The number of likely N-dealkylation sites (tertiary alicyclic amines) is 1. The molecule has 1 saturated heterocycles. The molecule has 1 amide bonds. The quantitative estimate of drug-likeness (QED) is 0.824. The van der Waals surface area contributed by atoms with Crippen molar-refractivity contribution in [2.45, 2.75) is 26.7 Å². The molecule has 1 fully saturated rings. The fourth-order valence-corrected chi connectivity index (χ4v) is 3.14. The molecule has 0 atom stereocenters. The Labute approximate surface area is 151 Å². The largest absolute Gasteiger partial charge is 0.340 e. The number of piperidine rings is 1. The predicted molar refractivity (Wildman–Crippen MR) is 101 cm³/mol. The Balaban J connectivity index is 1.73. The number of pyridine rings is 1. The predicted octanol–water partition coefficient (Wildman–Crippen LogP) is 4.77. The number of benzene rings is 1. The van der Waals surface area contributed by atoms with Gasteiger partial charge >= 0.3 is 0 Å². The Bertz CT molecular complexity index is 739. The van der Waals surface area contributed by atoms with Crippen LogP contribution in [-0.4, -0.2) is 28.9 Å². The lowest BCUT2D eigenvalue weighted by Gasteiger charge is -2.30. The van der Waals surface area contributed by atoms with Gasteiger partial charge in [0.05, 0.1) is 0 Å². The fraction of sp³-hybridized carbons (Fsp3) is 0.368. The number of aryl methyl sites for hydroxylation is 1. The molecule has 0 saturated carbocycles. The SMILES string of the molecule is Cc1cc(Nc2cc(C(=O)N3CCC(C)CC3)ccn2)ccc1Br. The number of nitrogens with one attached hydrogen (secondary N) is 1. The molecule has 126 valence electrons. The summed E-state index contributed by atoms with van der Waals surface area (Å²) in [6.07, 6.45) is 3.86. The summed E-state index contributed by atoms with van der Waals surface area (Å²) < 4.78 is 1.07. The molecule has 0 unspecified atom stereocenters. The highest BCUT2D eigenvalue weighted by atomic mass is 79.9. The average Bonchev–Trinajstić information content (AvgIpc) is 2.58. The van der Waals surface area contributed by atoms with Crippen molar-refractivity contribution in [3.63, 3.8) is 0 Å². The number of anilines is 2. The van der Waals surface area contributed by atoms with Crippen LogP contribution in [0.3, 0.4) is 0 Å². The van der Waals surface area contributed by atoms with E-state index in [1.807, 2.05) is 36.1 Å². The molecule has 0 bridgehead atoms. The van der Waals surface area contributed by atoms with Crippen molar-refractivity contribution in [1.82, 2.24) is 9.88 Å². The molecule has 1 aromatic heterocycles. The average molecular weight is 388 g/mol. The second kappa shape index (κ2) is 7.34. The first-order chi connectivity index (χ1) is 11.5. The molecule has 1 aromatic carbocycles. The van der Waals surface area contributed by atoms with E-state index < -0.39 is 0 Å². The van der Waals surface area contributed by atoms with Gasteiger partial charge in [-0.05, 0) is 61.6 Å². The Hall–Kier alpha value is -1.88. The van der Waals surface area contributed by atoms with Gasteiger partial charge < -0.3 is 10.2 Å². The second-order valence-corrected chi connectivity index (χ2v) is 7.35. The van der Waals surface area contributed by atoms with Gasteiger partial charge in [0.15, 0.2) is 0 Å². The van der Waals surface area contributed by atoms with Crippen molar-refractivity contribution in [3.05, 3.63) is 52.1 Å². The lowest BCUT2D eigenvalue weighted by Crippen LogP contribution is -2.37. The van der Waals surface area contributed by atoms with Crippen LogP contribution in [0, 0.1) is 12.8 Å². The fourth-order valence-electron chi connectivity index (χ4n) is 2.90. The zero-order chi connectivity index (χ0) is 17.1. The lowest BCUT2D eigenvalue weighted by atomic mass is 9.99. The van der Waals surface area contributed by atoms with Crippen molar-refractivity contribution in [1.29, 1.82) is 0 Å². The normalized spacial score (nSPS) is 15.4. The van der Waals surface area contributed by atoms with Crippen LogP contribution in [0.25, 0.3) is 0 Å². The van der Waals surface area contributed by atoms with E-state index in [2.05, 4.69) is 33.2 Å². The van der Waals surface area contributed by atoms with E-state index >= 15 is 0 Å². The second-order valence-electron chi connectivity index (χ2n) is 6.49. The number of amides is 1. The summed E-state index contributed by atoms with van der Waals surface area (Å²) in [5.41, 5.74) is 2.80. The van der Waals surface area contributed by atoms with E-state index in [9.17, 15) is 4.79 Å². The monoisotopic (exact) mass is 387 g/mol. The van der Waals surface area contributed by atoms with Crippen molar-refractivity contribution in [2.24, 2.45) is 5.92 Å². The third kappa shape index (κ3) is 3.96. The minimum absolute atomic E-state index is 0.0966. The van der Waals surface area contributed by atoms with Gasteiger partial charge in [0.2, 0.25) is 0 Å². The summed E-state index contributed by atoms with van der Waals surface area (Å²) in [6, 6.07) is 9.66. The van der Waals surface area contributed by atoms with Crippen LogP contribution in [0.4, 0.5) is 11.5 Å².